The van der Waals surface area contributed by atoms with Crippen LogP contribution in [0.15, 0.2) is 84.0 Å². The van der Waals surface area contributed by atoms with E-state index < -0.39 is 5.92 Å². The van der Waals surface area contributed by atoms with Crippen molar-refractivity contribution in [2.24, 2.45) is 11.0 Å². The fourth-order valence-electron chi connectivity index (χ4n) is 3.51. The second kappa shape index (κ2) is 9.92. The Hall–Kier alpha value is -3.93. The number of nitrogens with zero attached hydrogens (tertiary/aromatic N) is 2. The van der Waals surface area contributed by atoms with Crippen molar-refractivity contribution in [2.75, 3.05) is 11.4 Å². The molecule has 32 heavy (non-hydrogen) atoms. The zero-order chi connectivity index (χ0) is 22.3. The number of aryl methyl sites for hydroxylation is 1. The number of carbonyl (C=O) groups excluding carboxylic acids is 2. The summed E-state index contributed by atoms with van der Waals surface area (Å²) in [5, 5.41) is 4.05. The summed E-state index contributed by atoms with van der Waals surface area (Å²) in [6.07, 6.45) is 1.76. The number of nitrogens with one attached hydrogen (secondary N) is 1. The van der Waals surface area contributed by atoms with E-state index in [2.05, 4.69) is 10.5 Å². The van der Waals surface area contributed by atoms with Crippen LogP contribution in [0, 0.1) is 12.8 Å². The molecule has 3 aromatic rings. The van der Waals surface area contributed by atoms with Crippen LogP contribution >= 0.6 is 0 Å². The minimum Gasteiger partial charge on any atom is -0.489 e. The molecule has 1 saturated heterocycles. The second-order valence-electron chi connectivity index (χ2n) is 7.82. The molecular weight excluding hydrogens is 402 g/mol. The van der Waals surface area contributed by atoms with Crippen molar-refractivity contribution < 1.29 is 14.3 Å². The maximum Gasteiger partial charge on any atom is 0.245 e. The van der Waals surface area contributed by atoms with E-state index in [1.807, 2.05) is 85.8 Å². The molecule has 1 fully saturated rings. The van der Waals surface area contributed by atoms with Crippen LogP contribution in [0.25, 0.3) is 0 Å². The Balaban J connectivity index is 1.27. The molecule has 0 unspecified atom stereocenters. The van der Waals surface area contributed by atoms with Crippen LogP contribution in [0.4, 0.5) is 5.69 Å². The molecule has 0 radical (unpaired) electrons. The van der Waals surface area contributed by atoms with E-state index in [4.69, 9.17) is 4.74 Å². The van der Waals surface area contributed by atoms with Gasteiger partial charge in [0.25, 0.3) is 0 Å². The topological polar surface area (TPSA) is 71.0 Å². The zero-order valence-corrected chi connectivity index (χ0v) is 17.9. The smallest absolute Gasteiger partial charge is 0.245 e. The molecule has 4 rings (SSSR count). The number of benzene rings is 3. The fourth-order valence-corrected chi connectivity index (χ4v) is 3.51. The molecule has 0 spiro atoms. The van der Waals surface area contributed by atoms with Gasteiger partial charge in [-0.2, -0.15) is 5.10 Å². The summed E-state index contributed by atoms with van der Waals surface area (Å²) in [6, 6.07) is 25.1. The predicted octanol–water partition coefficient (Wildman–Crippen LogP) is 4.08. The molecule has 0 saturated carbocycles. The Kier molecular flexibility index (Phi) is 6.60. The number of ether oxygens (including phenoxy) is 1. The van der Waals surface area contributed by atoms with Gasteiger partial charge in [0, 0.05) is 18.7 Å². The summed E-state index contributed by atoms with van der Waals surface area (Å²) in [5.41, 5.74) is 6.43. The normalized spacial score (nSPS) is 15.8. The standard InChI is InChI=1S/C26H25N3O3/c1-19-7-11-23(12-8-19)29-17-22(15-25(29)30)26(31)28-27-16-20-9-13-24(14-10-20)32-18-21-5-3-2-4-6-21/h2-14,16,22H,15,17-18H2,1H3,(H,28,31)/b27-16-/t22-/m1/s1. The molecule has 2 amide bonds. The summed E-state index contributed by atoms with van der Waals surface area (Å²) < 4.78 is 5.77. The summed E-state index contributed by atoms with van der Waals surface area (Å²) in [5.74, 6) is 0.0292. The highest BCUT2D eigenvalue weighted by Crippen LogP contribution is 2.25. The maximum absolute atomic E-state index is 12.5. The molecular formula is C26H25N3O3. The van der Waals surface area contributed by atoms with Crippen molar-refractivity contribution in [3.05, 3.63) is 95.6 Å². The first-order valence-corrected chi connectivity index (χ1v) is 10.6. The van der Waals surface area contributed by atoms with Gasteiger partial charge in [0.1, 0.15) is 12.4 Å². The first-order chi connectivity index (χ1) is 15.6. The number of anilines is 1. The minimum atomic E-state index is -0.422. The number of hydrogen-bond acceptors (Lipinski definition) is 4. The highest BCUT2D eigenvalue weighted by molar-refractivity contribution is 6.00. The molecule has 1 aliphatic heterocycles. The third kappa shape index (κ3) is 5.40. The average Bonchev–Trinajstić information content (AvgIpc) is 3.21. The molecule has 1 heterocycles. The third-order valence-corrected chi connectivity index (χ3v) is 5.36. The largest absolute Gasteiger partial charge is 0.489 e. The van der Waals surface area contributed by atoms with Gasteiger partial charge in [0.15, 0.2) is 0 Å². The van der Waals surface area contributed by atoms with Gasteiger partial charge in [-0.3, -0.25) is 9.59 Å². The van der Waals surface area contributed by atoms with Crippen LogP contribution in [0.3, 0.4) is 0 Å². The Labute approximate surface area is 187 Å². The van der Waals surface area contributed by atoms with Crippen LogP contribution in [0.1, 0.15) is 23.1 Å². The molecule has 0 bridgehead atoms. The summed E-state index contributed by atoms with van der Waals surface area (Å²) in [6.45, 7) is 2.86. The fraction of sp³-hybridized carbons (Fsp3) is 0.192. The molecule has 0 aliphatic carbocycles. The molecule has 1 atom stereocenters. The number of carbonyl (C=O) groups is 2. The third-order valence-electron chi connectivity index (χ3n) is 5.36. The summed E-state index contributed by atoms with van der Waals surface area (Å²) in [7, 11) is 0. The first kappa shape index (κ1) is 21.3. The van der Waals surface area contributed by atoms with Gasteiger partial charge in [-0.15, -0.1) is 0 Å². The molecule has 0 aromatic heterocycles. The first-order valence-electron chi connectivity index (χ1n) is 10.6. The lowest BCUT2D eigenvalue weighted by molar-refractivity contribution is -0.126. The lowest BCUT2D eigenvalue weighted by Gasteiger charge is -2.16. The van der Waals surface area contributed by atoms with E-state index in [-0.39, 0.29) is 18.2 Å². The van der Waals surface area contributed by atoms with Crippen LogP contribution in [0.5, 0.6) is 5.75 Å². The minimum absolute atomic E-state index is 0.0518. The van der Waals surface area contributed by atoms with Gasteiger partial charge >= 0.3 is 0 Å². The van der Waals surface area contributed by atoms with E-state index in [1.54, 1.807) is 11.1 Å². The molecule has 6 heteroatoms. The number of amides is 2. The highest BCUT2D eigenvalue weighted by atomic mass is 16.5. The zero-order valence-electron chi connectivity index (χ0n) is 17.9. The quantitative estimate of drug-likeness (QED) is 0.456. The summed E-state index contributed by atoms with van der Waals surface area (Å²) in [4.78, 5) is 26.5. The molecule has 1 aliphatic rings. The lowest BCUT2D eigenvalue weighted by atomic mass is 10.1. The van der Waals surface area contributed by atoms with Crippen molar-refractivity contribution in [1.82, 2.24) is 5.43 Å². The SMILES string of the molecule is Cc1ccc(N2C[C@H](C(=O)N/N=C\c3ccc(OCc4ccccc4)cc3)CC2=O)cc1. The monoisotopic (exact) mass is 427 g/mol. The van der Waals surface area contributed by atoms with Gasteiger partial charge < -0.3 is 9.64 Å². The van der Waals surface area contributed by atoms with Crippen molar-refractivity contribution in [3.8, 4) is 5.75 Å². The molecule has 6 nitrogen and oxygen atoms in total. The van der Waals surface area contributed by atoms with Gasteiger partial charge in [0.2, 0.25) is 11.8 Å². The second-order valence-corrected chi connectivity index (χ2v) is 7.82. The predicted molar refractivity (Wildman–Crippen MR) is 125 cm³/mol. The average molecular weight is 428 g/mol. The van der Waals surface area contributed by atoms with Gasteiger partial charge in [0.05, 0.1) is 12.1 Å². The van der Waals surface area contributed by atoms with Crippen molar-refractivity contribution in [3.63, 3.8) is 0 Å². The van der Waals surface area contributed by atoms with Crippen molar-refractivity contribution in [1.29, 1.82) is 0 Å². The molecule has 3 aromatic carbocycles. The van der Waals surface area contributed by atoms with Crippen LogP contribution < -0.4 is 15.1 Å². The van der Waals surface area contributed by atoms with Gasteiger partial charge in [-0.25, -0.2) is 5.43 Å². The van der Waals surface area contributed by atoms with E-state index >= 15 is 0 Å². The molecule has 1 N–H and O–H groups in total. The number of hydrazone groups is 1. The maximum atomic E-state index is 12.5. The lowest BCUT2D eigenvalue weighted by Crippen LogP contribution is -2.30. The van der Waals surface area contributed by atoms with Crippen molar-refractivity contribution >= 4 is 23.7 Å². The van der Waals surface area contributed by atoms with Gasteiger partial charge in [-0.1, -0.05) is 48.0 Å². The van der Waals surface area contributed by atoms with Crippen LogP contribution in [-0.4, -0.2) is 24.6 Å². The van der Waals surface area contributed by atoms with Crippen LogP contribution in [0.2, 0.25) is 0 Å². The number of rotatable bonds is 7. The van der Waals surface area contributed by atoms with E-state index in [0.29, 0.717) is 13.2 Å². The Bertz CT molecular complexity index is 1090. The van der Waals surface area contributed by atoms with E-state index in [1.165, 1.54) is 0 Å². The van der Waals surface area contributed by atoms with Gasteiger partial charge in [-0.05, 0) is 54.4 Å². The van der Waals surface area contributed by atoms with E-state index in [9.17, 15) is 9.59 Å². The van der Waals surface area contributed by atoms with E-state index in [0.717, 1.165) is 28.1 Å². The molecule has 162 valence electrons. The Morgan fingerprint density at radius 3 is 2.50 bits per heavy atom. The Morgan fingerprint density at radius 1 is 1.06 bits per heavy atom. The Morgan fingerprint density at radius 2 is 1.78 bits per heavy atom. The van der Waals surface area contributed by atoms with Crippen LogP contribution in [-0.2, 0) is 16.2 Å². The highest BCUT2D eigenvalue weighted by Gasteiger charge is 2.35. The van der Waals surface area contributed by atoms with Crippen molar-refractivity contribution in [2.45, 2.75) is 20.0 Å². The number of hydrogen-bond donors (Lipinski definition) is 1. The summed E-state index contributed by atoms with van der Waals surface area (Å²) >= 11 is 0.